The minimum absolute atomic E-state index is 0.221. The van der Waals surface area contributed by atoms with Gasteiger partial charge in [-0.25, -0.2) is 4.79 Å². The highest BCUT2D eigenvalue weighted by molar-refractivity contribution is 7.86. The van der Waals surface area contributed by atoms with Crippen molar-refractivity contribution < 1.29 is 22.5 Å². The lowest BCUT2D eigenvalue weighted by molar-refractivity contribution is -0.145. The lowest BCUT2D eigenvalue weighted by Gasteiger charge is -2.10. The predicted molar refractivity (Wildman–Crippen MR) is 46.9 cm³/mol. The fourth-order valence-corrected chi connectivity index (χ4v) is 1.41. The lowest BCUT2D eigenvalue weighted by Crippen LogP contribution is -2.26. The fraction of sp³-hybridized carbons (Fsp3) is 0.857. The van der Waals surface area contributed by atoms with Crippen LogP contribution in [0.1, 0.15) is 26.2 Å². The predicted octanol–water partition coefficient (Wildman–Crippen LogP) is 0.606. The summed E-state index contributed by atoms with van der Waals surface area (Å²) in [5.74, 6) is -1.24. The molecule has 0 radical (unpaired) electrons. The Morgan fingerprint density at radius 1 is 1.54 bits per heavy atom. The Kier molecular flexibility index (Phi) is 4.94. The van der Waals surface area contributed by atoms with Crippen molar-refractivity contribution >= 4 is 16.1 Å². The molecule has 0 aromatic rings. The summed E-state index contributed by atoms with van der Waals surface area (Å²) in [6.07, 6.45) is 1.26. The van der Waals surface area contributed by atoms with Crippen LogP contribution in [0.4, 0.5) is 0 Å². The quantitative estimate of drug-likeness (QED) is 0.649. The van der Waals surface area contributed by atoms with Gasteiger partial charge in [-0.1, -0.05) is 19.8 Å². The van der Waals surface area contributed by atoms with Gasteiger partial charge in [0.25, 0.3) is 10.1 Å². The molecule has 0 aromatic heterocycles. The first kappa shape index (κ1) is 12.4. The Labute approximate surface area is 77.8 Å². The molecular formula is C7H14O5S. The molecular weight excluding hydrogens is 196 g/mol. The molecule has 1 atom stereocenters. The van der Waals surface area contributed by atoms with Gasteiger partial charge in [0.1, 0.15) is 0 Å². The Balaban J connectivity index is 4.19. The van der Waals surface area contributed by atoms with Crippen molar-refractivity contribution in [2.24, 2.45) is 0 Å². The van der Waals surface area contributed by atoms with Crippen LogP contribution in [0.25, 0.3) is 0 Å². The Bertz CT molecular complexity index is 256. The van der Waals surface area contributed by atoms with Gasteiger partial charge in [0.2, 0.25) is 0 Å². The Hall–Kier alpha value is -0.620. The molecule has 0 aliphatic heterocycles. The molecule has 0 saturated carbocycles. The summed E-state index contributed by atoms with van der Waals surface area (Å²) in [5.41, 5.74) is 0. The summed E-state index contributed by atoms with van der Waals surface area (Å²) in [4.78, 5) is 10.5. The average molecular weight is 210 g/mol. The van der Waals surface area contributed by atoms with Crippen molar-refractivity contribution in [3.05, 3.63) is 0 Å². The van der Waals surface area contributed by atoms with E-state index in [1.807, 2.05) is 6.92 Å². The second-order valence-corrected chi connectivity index (χ2v) is 4.37. The van der Waals surface area contributed by atoms with Crippen molar-refractivity contribution in [2.45, 2.75) is 32.3 Å². The van der Waals surface area contributed by atoms with E-state index in [1.54, 1.807) is 0 Å². The van der Waals surface area contributed by atoms with E-state index in [1.165, 1.54) is 0 Å². The van der Waals surface area contributed by atoms with E-state index in [2.05, 4.69) is 4.18 Å². The maximum Gasteiger partial charge on any atom is 0.334 e. The summed E-state index contributed by atoms with van der Waals surface area (Å²) in [5, 5.41) is 8.57. The molecule has 13 heavy (non-hydrogen) atoms. The van der Waals surface area contributed by atoms with Gasteiger partial charge in [0.15, 0.2) is 6.10 Å². The zero-order valence-electron chi connectivity index (χ0n) is 7.69. The van der Waals surface area contributed by atoms with Crippen molar-refractivity contribution in [3.63, 3.8) is 0 Å². The highest BCUT2D eigenvalue weighted by Gasteiger charge is 2.22. The van der Waals surface area contributed by atoms with Crippen LogP contribution in [0, 0.1) is 0 Å². The van der Waals surface area contributed by atoms with E-state index in [9.17, 15) is 13.2 Å². The molecule has 0 bridgehead atoms. The molecule has 0 rings (SSSR count). The largest absolute Gasteiger partial charge is 0.479 e. The topological polar surface area (TPSA) is 80.7 Å². The number of rotatable bonds is 6. The maximum atomic E-state index is 10.6. The first-order chi connectivity index (χ1) is 5.87. The molecule has 0 aliphatic rings. The van der Waals surface area contributed by atoms with E-state index < -0.39 is 22.2 Å². The van der Waals surface area contributed by atoms with Crippen LogP contribution in [0.15, 0.2) is 0 Å². The fourth-order valence-electron chi connectivity index (χ4n) is 0.813. The summed E-state index contributed by atoms with van der Waals surface area (Å²) in [7, 11) is -3.68. The number of hydrogen-bond donors (Lipinski definition) is 1. The third-order valence-electron chi connectivity index (χ3n) is 1.39. The molecule has 1 unspecified atom stereocenters. The average Bonchev–Trinajstić information content (AvgIpc) is 1.95. The van der Waals surface area contributed by atoms with Crippen molar-refractivity contribution in [2.75, 3.05) is 6.26 Å². The Morgan fingerprint density at radius 3 is 2.38 bits per heavy atom. The van der Waals surface area contributed by atoms with Crippen LogP contribution >= 0.6 is 0 Å². The van der Waals surface area contributed by atoms with Crippen LogP contribution < -0.4 is 0 Å². The normalized spacial score (nSPS) is 14.0. The summed E-state index contributed by atoms with van der Waals surface area (Å²) in [6.45, 7) is 1.89. The van der Waals surface area contributed by atoms with Gasteiger partial charge in [0.05, 0.1) is 6.26 Å². The first-order valence-corrected chi connectivity index (χ1v) is 5.79. The van der Waals surface area contributed by atoms with E-state index in [0.29, 0.717) is 6.42 Å². The van der Waals surface area contributed by atoms with Crippen LogP contribution in [0.3, 0.4) is 0 Å². The van der Waals surface area contributed by atoms with Gasteiger partial charge in [0, 0.05) is 0 Å². The van der Waals surface area contributed by atoms with E-state index in [0.717, 1.165) is 12.7 Å². The SMILES string of the molecule is CCCCC(OS(C)(=O)=O)C(=O)O. The number of hydrogen-bond acceptors (Lipinski definition) is 4. The first-order valence-electron chi connectivity index (χ1n) is 3.98. The summed E-state index contributed by atoms with van der Waals surface area (Å²) in [6, 6.07) is 0. The van der Waals surface area contributed by atoms with Crippen molar-refractivity contribution in [1.82, 2.24) is 0 Å². The summed E-state index contributed by atoms with van der Waals surface area (Å²) < 4.78 is 25.6. The van der Waals surface area contributed by atoms with Gasteiger partial charge in [-0.15, -0.1) is 0 Å². The highest BCUT2D eigenvalue weighted by atomic mass is 32.2. The van der Waals surface area contributed by atoms with Crippen LogP contribution in [0.2, 0.25) is 0 Å². The maximum absolute atomic E-state index is 10.6. The zero-order valence-corrected chi connectivity index (χ0v) is 8.50. The second-order valence-electron chi connectivity index (χ2n) is 2.77. The van der Waals surface area contributed by atoms with Crippen molar-refractivity contribution in [3.8, 4) is 0 Å². The number of carboxylic acids is 1. The van der Waals surface area contributed by atoms with Gasteiger partial charge in [-0.05, 0) is 6.42 Å². The van der Waals surface area contributed by atoms with Crippen molar-refractivity contribution in [1.29, 1.82) is 0 Å². The minimum Gasteiger partial charge on any atom is -0.479 e. The monoisotopic (exact) mass is 210 g/mol. The molecule has 1 N–H and O–H groups in total. The standard InChI is InChI=1S/C7H14O5S/c1-3-4-5-6(7(8)9)12-13(2,10)11/h6H,3-5H2,1-2H3,(H,8,9). The molecule has 0 amide bonds. The van der Waals surface area contributed by atoms with Gasteiger partial charge < -0.3 is 5.11 Å². The number of aliphatic carboxylic acids is 1. The van der Waals surface area contributed by atoms with Gasteiger partial charge >= 0.3 is 5.97 Å². The third kappa shape index (κ3) is 6.53. The third-order valence-corrected chi connectivity index (χ3v) is 1.97. The van der Waals surface area contributed by atoms with Crippen LogP contribution in [-0.2, 0) is 19.1 Å². The molecule has 0 aliphatic carbocycles. The van der Waals surface area contributed by atoms with E-state index in [-0.39, 0.29) is 6.42 Å². The van der Waals surface area contributed by atoms with Gasteiger partial charge in [-0.3, -0.25) is 4.18 Å². The second kappa shape index (κ2) is 5.18. The molecule has 5 nitrogen and oxygen atoms in total. The number of unbranched alkanes of at least 4 members (excludes halogenated alkanes) is 1. The molecule has 0 aromatic carbocycles. The molecule has 78 valence electrons. The van der Waals surface area contributed by atoms with Crippen LogP contribution in [-0.4, -0.2) is 31.9 Å². The molecule has 0 spiro atoms. The number of carbonyl (C=O) groups is 1. The minimum atomic E-state index is -3.68. The van der Waals surface area contributed by atoms with Gasteiger partial charge in [-0.2, -0.15) is 8.42 Å². The summed E-state index contributed by atoms with van der Waals surface area (Å²) >= 11 is 0. The Morgan fingerprint density at radius 2 is 2.08 bits per heavy atom. The molecule has 0 saturated heterocycles. The smallest absolute Gasteiger partial charge is 0.334 e. The van der Waals surface area contributed by atoms with E-state index in [4.69, 9.17) is 5.11 Å². The number of carboxylic acid groups (broad SMARTS) is 1. The van der Waals surface area contributed by atoms with E-state index >= 15 is 0 Å². The van der Waals surface area contributed by atoms with Crippen LogP contribution in [0.5, 0.6) is 0 Å². The molecule has 6 heteroatoms. The molecule has 0 heterocycles. The zero-order chi connectivity index (χ0) is 10.5. The lowest BCUT2D eigenvalue weighted by atomic mass is 10.2. The highest BCUT2D eigenvalue weighted by Crippen LogP contribution is 2.07. The molecule has 0 fully saturated rings.